The third kappa shape index (κ3) is 4.21. The number of ether oxygens (including phenoxy) is 2. The van der Waals surface area contributed by atoms with E-state index in [2.05, 4.69) is 22.4 Å². The smallest absolute Gasteiger partial charge is 0.161 e. The predicted octanol–water partition coefficient (Wildman–Crippen LogP) is 3.17. The number of pyridine rings is 1. The van der Waals surface area contributed by atoms with E-state index in [4.69, 9.17) is 9.47 Å². The summed E-state index contributed by atoms with van der Waals surface area (Å²) >= 11 is 0. The molecule has 4 heteroatoms. The zero-order valence-corrected chi connectivity index (χ0v) is 12.9. The molecule has 1 fully saturated rings. The van der Waals surface area contributed by atoms with Gasteiger partial charge in [0.25, 0.3) is 0 Å². The van der Waals surface area contributed by atoms with E-state index in [1.165, 1.54) is 18.4 Å². The van der Waals surface area contributed by atoms with Crippen LogP contribution < -0.4 is 14.8 Å². The third-order valence-corrected chi connectivity index (χ3v) is 3.80. The molecule has 116 valence electrons. The van der Waals surface area contributed by atoms with Crippen molar-refractivity contribution in [3.05, 3.63) is 53.9 Å². The maximum absolute atomic E-state index is 5.90. The van der Waals surface area contributed by atoms with Crippen LogP contribution in [0, 0.1) is 5.92 Å². The number of aromatic nitrogens is 1. The van der Waals surface area contributed by atoms with Crippen molar-refractivity contribution < 1.29 is 9.47 Å². The Labute approximate surface area is 131 Å². The Morgan fingerprint density at radius 2 is 2.09 bits per heavy atom. The minimum absolute atomic E-state index is 0.489. The summed E-state index contributed by atoms with van der Waals surface area (Å²) in [6, 6.07) is 10.0. The summed E-state index contributed by atoms with van der Waals surface area (Å²) in [5, 5.41) is 3.50. The minimum Gasteiger partial charge on any atom is -0.493 e. The molecular weight excluding hydrogens is 276 g/mol. The summed E-state index contributed by atoms with van der Waals surface area (Å²) < 4.78 is 11.3. The highest BCUT2D eigenvalue weighted by Crippen LogP contribution is 2.30. The molecule has 3 rings (SSSR count). The molecule has 1 aliphatic rings. The molecule has 1 heterocycles. The zero-order valence-electron chi connectivity index (χ0n) is 12.9. The van der Waals surface area contributed by atoms with Gasteiger partial charge in [-0.05, 0) is 49.1 Å². The molecule has 4 nitrogen and oxygen atoms in total. The first-order valence-electron chi connectivity index (χ1n) is 7.74. The molecule has 0 spiro atoms. The minimum atomic E-state index is 0.489. The van der Waals surface area contributed by atoms with E-state index in [-0.39, 0.29) is 0 Å². The van der Waals surface area contributed by atoms with Gasteiger partial charge in [-0.3, -0.25) is 4.98 Å². The number of nitrogens with zero attached hydrogens (tertiary/aromatic N) is 1. The molecule has 1 aliphatic carbocycles. The summed E-state index contributed by atoms with van der Waals surface area (Å²) in [6.07, 6.45) is 6.31. The number of methoxy groups -OCH3 is 1. The van der Waals surface area contributed by atoms with Crippen LogP contribution in [-0.4, -0.2) is 18.6 Å². The Kier molecular flexibility index (Phi) is 4.91. The molecule has 0 bridgehead atoms. The van der Waals surface area contributed by atoms with Crippen LogP contribution in [0.2, 0.25) is 0 Å². The average Bonchev–Trinajstić information content (AvgIpc) is 3.38. The molecule has 1 aromatic carbocycles. The normalized spacial score (nSPS) is 13.9. The standard InChI is InChI=1S/C18H22N2O2/c1-21-17-7-6-15(11-20-10-14-4-5-14)9-18(17)22-13-16-3-2-8-19-12-16/h2-3,6-9,12,14,20H,4-5,10-11,13H2,1H3. The molecule has 2 aromatic rings. The van der Waals surface area contributed by atoms with Gasteiger partial charge in [0.15, 0.2) is 11.5 Å². The lowest BCUT2D eigenvalue weighted by Gasteiger charge is -2.13. The van der Waals surface area contributed by atoms with Crippen molar-refractivity contribution in [2.75, 3.05) is 13.7 Å². The lowest BCUT2D eigenvalue weighted by molar-refractivity contribution is 0.283. The topological polar surface area (TPSA) is 43.4 Å². The molecule has 0 unspecified atom stereocenters. The van der Waals surface area contributed by atoms with Crippen LogP contribution in [0.1, 0.15) is 24.0 Å². The van der Waals surface area contributed by atoms with Gasteiger partial charge in [-0.1, -0.05) is 12.1 Å². The Bertz CT molecular complexity index is 597. The monoisotopic (exact) mass is 298 g/mol. The van der Waals surface area contributed by atoms with Gasteiger partial charge in [0.2, 0.25) is 0 Å². The molecule has 22 heavy (non-hydrogen) atoms. The summed E-state index contributed by atoms with van der Waals surface area (Å²) in [7, 11) is 1.66. The number of nitrogens with one attached hydrogen (secondary N) is 1. The first-order chi connectivity index (χ1) is 10.8. The van der Waals surface area contributed by atoms with Crippen molar-refractivity contribution in [2.45, 2.75) is 26.0 Å². The summed E-state index contributed by atoms with van der Waals surface area (Å²) in [5.41, 5.74) is 2.25. The third-order valence-electron chi connectivity index (χ3n) is 3.80. The van der Waals surface area contributed by atoms with Crippen LogP contribution in [0.3, 0.4) is 0 Å². The van der Waals surface area contributed by atoms with Gasteiger partial charge in [0, 0.05) is 24.5 Å². The van der Waals surface area contributed by atoms with Crippen LogP contribution in [0.25, 0.3) is 0 Å². The van der Waals surface area contributed by atoms with Gasteiger partial charge in [0.05, 0.1) is 7.11 Å². The fourth-order valence-electron chi connectivity index (χ4n) is 2.33. The molecule has 0 aliphatic heterocycles. The Balaban J connectivity index is 1.61. The first-order valence-corrected chi connectivity index (χ1v) is 7.74. The largest absolute Gasteiger partial charge is 0.493 e. The lowest BCUT2D eigenvalue weighted by atomic mass is 10.2. The maximum Gasteiger partial charge on any atom is 0.161 e. The van der Waals surface area contributed by atoms with Crippen LogP contribution in [-0.2, 0) is 13.2 Å². The van der Waals surface area contributed by atoms with Crippen molar-refractivity contribution in [1.82, 2.24) is 10.3 Å². The highest BCUT2D eigenvalue weighted by atomic mass is 16.5. The predicted molar refractivity (Wildman–Crippen MR) is 86.0 cm³/mol. The molecular formula is C18H22N2O2. The maximum atomic E-state index is 5.90. The second-order valence-electron chi connectivity index (χ2n) is 5.71. The Hall–Kier alpha value is -2.07. The van der Waals surface area contributed by atoms with E-state index in [0.29, 0.717) is 6.61 Å². The van der Waals surface area contributed by atoms with Crippen molar-refractivity contribution in [3.63, 3.8) is 0 Å². The van der Waals surface area contributed by atoms with Crippen LogP contribution in [0.15, 0.2) is 42.7 Å². The van der Waals surface area contributed by atoms with Crippen molar-refractivity contribution in [3.8, 4) is 11.5 Å². The quantitative estimate of drug-likeness (QED) is 0.813. The molecule has 1 saturated carbocycles. The lowest BCUT2D eigenvalue weighted by Crippen LogP contribution is -2.16. The fraction of sp³-hybridized carbons (Fsp3) is 0.389. The highest BCUT2D eigenvalue weighted by Gasteiger charge is 2.20. The molecule has 0 amide bonds. The SMILES string of the molecule is COc1ccc(CNCC2CC2)cc1OCc1cccnc1. The van der Waals surface area contributed by atoms with E-state index in [0.717, 1.165) is 36.1 Å². The highest BCUT2D eigenvalue weighted by molar-refractivity contribution is 5.43. The number of hydrogen-bond acceptors (Lipinski definition) is 4. The molecule has 0 radical (unpaired) electrons. The second kappa shape index (κ2) is 7.27. The number of hydrogen-bond donors (Lipinski definition) is 1. The van der Waals surface area contributed by atoms with Crippen molar-refractivity contribution in [1.29, 1.82) is 0 Å². The van der Waals surface area contributed by atoms with Gasteiger partial charge in [-0.15, -0.1) is 0 Å². The van der Waals surface area contributed by atoms with Gasteiger partial charge >= 0.3 is 0 Å². The van der Waals surface area contributed by atoms with Gasteiger partial charge in [-0.25, -0.2) is 0 Å². The van der Waals surface area contributed by atoms with E-state index >= 15 is 0 Å². The second-order valence-corrected chi connectivity index (χ2v) is 5.71. The fourth-order valence-corrected chi connectivity index (χ4v) is 2.33. The Morgan fingerprint density at radius 1 is 1.18 bits per heavy atom. The van der Waals surface area contributed by atoms with Crippen LogP contribution in [0.4, 0.5) is 0 Å². The summed E-state index contributed by atoms with van der Waals surface area (Å²) in [5.74, 6) is 2.42. The molecule has 1 N–H and O–H groups in total. The van der Waals surface area contributed by atoms with Crippen LogP contribution >= 0.6 is 0 Å². The van der Waals surface area contributed by atoms with Gasteiger partial charge in [-0.2, -0.15) is 0 Å². The van der Waals surface area contributed by atoms with Crippen LogP contribution in [0.5, 0.6) is 11.5 Å². The molecule has 0 saturated heterocycles. The average molecular weight is 298 g/mol. The molecule has 1 aromatic heterocycles. The van der Waals surface area contributed by atoms with E-state index in [9.17, 15) is 0 Å². The first kappa shape index (κ1) is 14.9. The summed E-state index contributed by atoms with van der Waals surface area (Å²) in [6.45, 7) is 2.46. The van der Waals surface area contributed by atoms with E-state index < -0.39 is 0 Å². The van der Waals surface area contributed by atoms with Crippen molar-refractivity contribution >= 4 is 0 Å². The summed E-state index contributed by atoms with van der Waals surface area (Å²) in [4.78, 5) is 4.10. The van der Waals surface area contributed by atoms with E-state index in [1.807, 2.05) is 24.4 Å². The van der Waals surface area contributed by atoms with Gasteiger partial charge < -0.3 is 14.8 Å². The Morgan fingerprint density at radius 3 is 2.82 bits per heavy atom. The van der Waals surface area contributed by atoms with Gasteiger partial charge in [0.1, 0.15) is 6.61 Å². The van der Waals surface area contributed by atoms with Crippen molar-refractivity contribution in [2.24, 2.45) is 5.92 Å². The number of benzene rings is 1. The molecule has 0 atom stereocenters. The van der Waals surface area contributed by atoms with E-state index in [1.54, 1.807) is 13.3 Å². The number of rotatable bonds is 8. The zero-order chi connectivity index (χ0) is 15.2.